The molecule has 1 aromatic heterocycles. The summed E-state index contributed by atoms with van der Waals surface area (Å²) in [6, 6.07) is 6.52. The van der Waals surface area contributed by atoms with Crippen LogP contribution in [0, 0.1) is 6.92 Å². The first-order chi connectivity index (χ1) is 9.91. The maximum atomic E-state index is 12.5. The van der Waals surface area contributed by atoms with E-state index in [4.69, 9.17) is 0 Å². The fraction of sp³-hybridized carbons (Fsp3) is 0.400. The summed E-state index contributed by atoms with van der Waals surface area (Å²) in [6.07, 6.45) is -2.03. The Morgan fingerprint density at radius 3 is 2.57 bits per heavy atom. The van der Waals surface area contributed by atoms with E-state index < -0.39 is 11.9 Å². The van der Waals surface area contributed by atoms with Crippen molar-refractivity contribution in [2.45, 2.75) is 33.0 Å². The van der Waals surface area contributed by atoms with E-state index in [1.807, 2.05) is 19.1 Å². The summed E-state index contributed by atoms with van der Waals surface area (Å²) in [5.74, 6) is 0. The van der Waals surface area contributed by atoms with E-state index in [-0.39, 0.29) is 0 Å². The smallest absolute Gasteiger partial charge is 0.313 e. The highest BCUT2D eigenvalue weighted by Gasteiger charge is 2.33. The lowest BCUT2D eigenvalue weighted by atomic mass is 10.1. The molecule has 3 nitrogen and oxygen atoms in total. The Bertz CT molecular complexity index is 602. The van der Waals surface area contributed by atoms with Crippen molar-refractivity contribution in [3.05, 3.63) is 47.3 Å². The number of nitrogens with zero attached hydrogens (tertiary/aromatic N) is 2. The van der Waals surface area contributed by atoms with E-state index in [1.165, 1.54) is 10.9 Å². The van der Waals surface area contributed by atoms with Crippen LogP contribution < -0.4 is 5.32 Å². The molecule has 0 saturated carbocycles. The first-order valence-corrected chi connectivity index (χ1v) is 6.85. The predicted molar refractivity (Wildman–Crippen MR) is 75.3 cm³/mol. The van der Waals surface area contributed by atoms with Crippen molar-refractivity contribution < 1.29 is 13.2 Å². The zero-order chi connectivity index (χ0) is 15.5. The number of halogens is 3. The Kier molecular flexibility index (Phi) is 4.67. The average Bonchev–Trinajstić information content (AvgIpc) is 2.90. The SMILES string of the molecule is CCCNCc1ccc(-n2ccc(C(F)(F)F)n2)cc1C. The standard InChI is InChI=1S/C15H18F3N3/c1-3-7-19-10-12-4-5-13(9-11(12)2)21-8-6-14(20-21)15(16,17)18/h4-6,8-9,19H,3,7,10H2,1-2H3. The number of alkyl halides is 3. The molecule has 0 unspecified atom stereocenters. The molecule has 1 aromatic carbocycles. The van der Waals surface area contributed by atoms with Gasteiger partial charge in [0.15, 0.2) is 5.69 Å². The maximum Gasteiger partial charge on any atom is 0.435 e. The van der Waals surface area contributed by atoms with Gasteiger partial charge in [0.25, 0.3) is 0 Å². The number of nitrogens with one attached hydrogen (secondary N) is 1. The summed E-state index contributed by atoms with van der Waals surface area (Å²) in [7, 11) is 0. The quantitative estimate of drug-likeness (QED) is 0.853. The summed E-state index contributed by atoms with van der Waals surface area (Å²) in [5.41, 5.74) is 1.91. The third kappa shape index (κ3) is 3.85. The molecule has 0 aliphatic carbocycles. The van der Waals surface area contributed by atoms with Crippen LogP contribution in [0.1, 0.15) is 30.2 Å². The fourth-order valence-electron chi connectivity index (χ4n) is 2.04. The van der Waals surface area contributed by atoms with Crippen molar-refractivity contribution in [2.75, 3.05) is 6.54 Å². The molecule has 114 valence electrons. The van der Waals surface area contributed by atoms with Crippen molar-refractivity contribution >= 4 is 0 Å². The predicted octanol–water partition coefficient (Wildman–Crippen LogP) is 3.70. The van der Waals surface area contributed by atoms with E-state index in [0.29, 0.717) is 5.69 Å². The monoisotopic (exact) mass is 297 g/mol. The minimum Gasteiger partial charge on any atom is -0.313 e. The lowest BCUT2D eigenvalue weighted by Crippen LogP contribution is -2.14. The Morgan fingerprint density at radius 2 is 2.00 bits per heavy atom. The van der Waals surface area contributed by atoms with Gasteiger partial charge in [-0.2, -0.15) is 18.3 Å². The van der Waals surface area contributed by atoms with Crippen LogP contribution in [0.25, 0.3) is 5.69 Å². The first-order valence-electron chi connectivity index (χ1n) is 6.85. The molecule has 6 heteroatoms. The van der Waals surface area contributed by atoms with Gasteiger partial charge in [0.2, 0.25) is 0 Å². The number of hydrogen-bond acceptors (Lipinski definition) is 2. The molecule has 0 spiro atoms. The zero-order valence-electron chi connectivity index (χ0n) is 12.0. The van der Waals surface area contributed by atoms with Gasteiger partial charge >= 0.3 is 6.18 Å². The van der Waals surface area contributed by atoms with Crippen molar-refractivity contribution in [3.63, 3.8) is 0 Å². The Morgan fingerprint density at radius 1 is 1.24 bits per heavy atom. The molecule has 0 saturated heterocycles. The molecular formula is C15H18F3N3. The van der Waals surface area contributed by atoms with Crippen LogP contribution >= 0.6 is 0 Å². The summed E-state index contributed by atoms with van der Waals surface area (Å²) >= 11 is 0. The van der Waals surface area contributed by atoms with E-state index in [9.17, 15) is 13.2 Å². The summed E-state index contributed by atoms with van der Waals surface area (Å²) in [4.78, 5) is 0. The topological polar surface area (TPSA) is 29.9 Å². The number of aromatic nitrogens is 2. The number of hydrogen-bond donors (Lipinski definition) is 1. The molecule has 2 rings (SSSR count). The molecule has 0 atom stereocenters. The van der Waals surface area contributed by atoms with Crippen LogP contribution in [-0.2, 0) is 12.7 Å². The van der Waals surface area contributed by atoms with Crippen molar-refractivity contribution in [1.82, 2.24) is 15.1 Å². The molecule has 1 N–H and O–H groups in total. The number of aryl methyl sites for hydroxylation is 1. The summed E-state index contributed by atoms with van der Waals surface area (Å²) in [5, 5.41) is 6.88. The van der Waals surface area contributed by atoms with Gasteiger partial charge in [0.1, 0.15) is 0 Å². The van der Waals surface area contributed by atoms with E-state index in [2.05, 4.69) is 17.3 Å². The molecule has 0 fully saturated rings. The molecular weight excluding hydrogens is 279 g/mol. The maximum absolute atomic E-state index is 12.5. The molecule has 0 radical (unpaired) electrons. The fourth-order valence-corrected chi connectivity index (χ4v) is 2.04. The van der Waals surface area contributed by atoms with Crippen LogP contribution in [0.5, 0.6) is 0 Å². The van der Waals surface area contributed by atoms with Gasteiger partial charge in [0.05, 0.1) is 5.69 Å². The minimum atomic E-state index is -4.41. The van der Waals surface area contributed by atoms with Crippen LogP contribution in [0.15, 0.2) is 30.5 Å². The van der Waals surface area contributed by atoms with Gasteiger partial charge in [-0.1, -0.05) is 13.0 Å². The summed E-state index contributed by atoms with van der Waals surface area (Å²) in [6.45, 7) is 5.74. The third-order valence-corrected chi connectivity index (χ3v) is 3.21. The first kappa shape index (κ1) is 15.6. The minimum absolute atomic E-state index is 0.627. The number of benzene rings is 1. The summed E-state index contributed by atoms with van der Waals surface area (Å²) < 4.78 is 38.9. The Labute approximate surface area is 121 Å². The normalized spacial score (nSPS) is 11.9. The van der Waals surface area contributed by atoms with E-state index >= 15 is 0 Å². The van der Waals surface area contributed by atoms with Crippen LogP contribution in [-0.4, -0.2) is 16.3 Å². The van der Waals surface area contributed by atoms with Gasteiger partial charge < -0.3 is 5.32 Å². The highest BCUT2D eigenvalue weighted by atomic mass is 19.4. The molecule has 0 aliphatic rings. The van der Waals surface area contributed by atoms with Crippen molar-refractivity contribution in [3.8, 4) is 5.69 Å². The molecule has 2 aromatic rings. The van der Waals surface area contributed by atoms with Gasteiger partial charge in [0, 0.05) is 12.7 Å². The van der Waals surface area contributed by atoms with Crippen LogP contribution in [0.3, 0.4) is 0 Å². The second-order valence-corrected chi connectivity index (χ2v) is 4.93. The highest BCUT2D eigenvalue weighted by molar-refractivity contribution is 5.39. The van der Waals surface area contributed by atoms with Crippen LogP contribution in [0.4, 0.5) is 13.2 Å². The largest absolute Gasteiger partial charge is 0.435 e. The molecule has 1 heterocycles. The second kappa shape index (κ2) is 6.30. The average molecular weight is 297 g/mol. The van der Waals surface area contributed by atoms with Crippen LogP contribution in [0.2, 0.25) is 0 Å². The Hall–Kier alpha value is -1.82. The van der Waals surface area contributed by atoms with E-state index in [1.54, 1.807) is 6.07 Å². The molecule has 0 bridgehead atoms. The number of rotatable bonds is 5. The Balaban J connectivity index is 2.18. The van der Waals surface area contributed by atoms with E-state index in [0.717, 1.165) is 36.7 Å². The van der Waals surface area contributed by atoms with Crippen molar-refractivity contribution in [1.29, 1.82) is 0 Å². The van der Waals surface area contributed by atoms with Gasteiger partial charge in [-0.3, -0.25) is 0 Å². The lowest BCUT2D eigenvalue weighted by molar-refractivity contribution is -0.141. The molecule has 0 amide bonds. The van der Waals surface area contributed by atoms with Gasteiger partial charge in [-0.15, -0.1) is 0 Å². The second-order valence-electron chi connectivity index (χ2n) is 4.93. The third-order valence-electron chi connectivity index (χ3n) is 3.21. The van der Waals surface area contributed by atoms with Gasteiger partial charge in [-0.05, 0) is 49.2 Å². The zero-order valence-corrected chi connectivity index (χ0v) is 12.0. The van der Waals surface area contributed by atoms with Crippen molar-refractivity contribution in [2.24, 2.45) is 0 Å². The highest BCUT2D eigenvalue weighted by Crippen LogP contribution is 2.28. The lowest BCUT2D eigenvalue weighted by Gasteiger charge is -2.10. The van der Waals surface area contributed by atoms with Gasteiger partial charge in [-0.25, -0.2) is 4.68 Å². The molecule has 0 aliphatic heterocycles. The molecule has 21 heavy (non-hydrogen) atoms.